The van der Waals surface area contributed by atoms with Gasteiger partial charge in [-0.1, -0.05) is 11.6 Å². The second kappa shape index (κ2) is 5.33. The van der Waals surface area contributed by atoms with Gasteiger partial charge in [0.2, 0.25) is 5.78 Å². The maximum atomic E-state index is 12.1. The Hall–Kier alpha value is -1.36. The maximum absolute atomic E-state index is 12.1. The molecule has 2 aromatic rings. The zero-order valence-electron chi connectivity index (χ0n) is 10.3. The van der Waals surface area contributed by atoms with Gasteiger partial charge in [-0.25, -0.2) is 0 Å². The highest BCUT2D eigenvalue weighted by atomic mass is 35.5. The predicted molar refractivity (Wildman–Crippen MR) is 72.8 cm³/mol. The number of nitrogens with one attached hydrogen (secondary N) is 1. The molecule has 0 amide bonds. The number of morpholine rings is 1. The molecular formula is C14H14ClNO3. The van der Waals surface area contributed by atoms with Crippen LogP contribution >= 0.6 is 11.6 Å². The standard InChI is InChI=1S/C14H14ClNO3/c15-10-1-2-13-9(5-10)6-14(19-13)12(17)7-11-8-16-3-4-18-11/h1-2,5-6,11,16H,3-4,7-8H2. The molecule has 1 unspecified atom stereocenters. The minimum absolute atomic E-state index is 0.0407. The third kappa shape index (κ3) is 2.81. The van der Waals surface area contributed by atoms with Crippen molar-refractivity contribution in [1.82, 2.24) is 5.32 Å². The Kier molecular flexibility index (Phi) is 3.55. The maximum Gasteiger partial charge on any atom is 0.200 e. The number of rotatable bonds is 3. The summed E-state index contributed by atoms with van der Waals surface area (Å²) in [5.74, 6) is 0.326. The fourth-order valence-electron chi connectivity index (χ4n) is 2.21. The molecule has 0 spiro atoms. The summed E-state index contributed by atoms with van der Waals surface area (Å²) in [5, 5.41) is 4.68. The number of hydrogen-bond acceptors (Lipinski definition) is 4. The van der Waals surface area contributed by atoms with Crippen LogP contribution in [0, 0.1) is 0 Å². The van der Waals surface area contributed by atoms with Crippen molar-refractivity contribution in [2.24, 2.45) is 0 Å². The number of benzene rings is 1. The summed E-state index contributed by atoms with van der Waals surface area (Å²) in [6, 6.07) is 7.04. The summed E-state index contributed by atoms with van der Waals surface area (Å²) in [7, 11) is 0. The van der Waals surface area contributed by atoms with Crippen LogP contribution in [0.25, 0.3) is 11.0 Å². The van der Waals surface area contributed by atoms with Gasteiger partial charge in [0.15, 0.2) is 5.76 Å². The van der Waals surface area contributed by atoms with Crippen LogP contribution in [-0.4, -0.2) is 31.6 Å². The van der Waals surface area contributed by atoms with Gasteiger partial charge in [0.25, 0.3) is 0 Å². The fraction of sp³-hybridized carbons (Fsp3) is 0.357. The third-order valence-corrected chi connectivity index (χ3v) is 3.41. The highest BCUT2D eigenvalue weighted by Crippen LogP contribution is 2.24. The number of halogens is 1. The fourth-order valence-corrected chi connectivity index (χ4v) is 2.39. The minimum atomic E-state index is -0.0712. The molecule has 0 radical (unpaired) electrons. The van der Waals surface area contributed by atoms with Gasteiger partial charge in [-0.3, -0.25) is 4.79 Å². The molecule has 0 aliphatic carbocycles. The molecule has 1 saturated heterocycles. The molecule has 4 nitrogen and oxygen atoms in total. The van der Waals surface area contributed by atoms with Gasteiger partial charge in [-0.15, -0.1) is 0 Å². The molecule has 1 aliphatic rings. The van der Waals surface area contributed by atoms with E-state index in [-0.39, 0.29) is 11.9 Å². The van der Waals surface area contributed by atoms with Crippen molar-refractivity contribution in [1.29, 1.82) is 0 Å². The second-order valence-corrected chi connectivity index (χ2v) is 5.05. The molecule has 0 bridgehead atoms. The lowest BCUT2D eigenvalue weighted by molar-refractivity contribution is 0.0234. The van der Waals surface area contributed by atoms with Gasteiger partial charge in [0, 0.05) is 29.9 Å². The Bertz CT molecular complexity index is 602. The van der Waals surface area contributed by atoms with E-state index in [0.717, 1.165) is 11.9 Å². The van der Waals surface area contributed by atoms with E-state index >= 15 is 0 Å². The molecule has 1 aliphatic heterocycles. The summed E-state index contributed by atoms with van der Waals surface area (Å²) in [6.45, 7) is 2.19. The van der Waals surface area contributed by atoms with Crippen molar-refractivity contribution in [2.75, 3.05) is 19.7 Å². The van der Waals surface area contributed by atoms with Crippen molar-refractivity contribution in [3.05, 3.63) is 35.0 Å². The number of ether oxygens (including phenoxy) is 1. The van der Waals surface area contributed by atoms with Gasteiger partial charge >= 0.3 is 0 Å². The Labute approximate surface area is 115 Å². The van der Waals surface area contributed by atoms with E-state index in [1.807, 2.05) is 0 Å². The number of Topliss-reactive ketones (excluding diaryl/α,β-unsaturated/α-hetero) is 1. The molecule has 1 fully saturated rings. The van der Waals surface area contributed by atoms with E-state index < -0.39 is 0 Å². The van der Waals surface area contributed by atoms with E-state index in [9.17, 15) is 4.79 Å². The lowest BCUT2D eigenvalue weighted by Gasteiger charge is -2.22. The quantitative estimate of drug-likeness (QED) is 0.878. The van der Waals surface area contributed by atoms with Crippen LogP contribution < -0.4 is 5.32 Å². The summed E-state index contributed by atoms with van der Waals surface area (Å²) in [6.07, 6.45) is 0.263. The zero-order valence-corrected chi connectivity index (χ0v) is 11.1. The van der Waals surface area contributed by atoms with Gasteiger partial charge in [-0.05, 0) is 24.3 Å². The largest absolute Gasteiger partial charge is 0.453 e. The Morgan fingerprint density at radius 1 is 1.42 bits per heavy atom. The number of furan rings is 1. The van der Waals surface area contributed by atoms with Crippen LogP contribution in [0.3, 0.4) is 0 Å². The number of hydrogen-bond donors (Lipinski definition) is 1. The highest BCUT2D eigenvalue weighted by molar-refractivity contribution is 6.31. The van der Waals surface area contributed by atoms with Gasteiger partial charge < -0.3 is 14.5 Å². The zero-order chi connectivity index (χ0) is 13.2. The highest BCUT2D eigenvalue weighted by Gasteiger charge is 2.20. The molecule has 2 heterocycles. The van der Waals surface area contributed by atoms with E-state index in [4.69, 9.17) is 20.8 Å². The van der Waals surface area contributed by atoms with Gasteiger partial charge in [0.1, 0.15) is 5.58 Å². The first-order valence-electron chi connectivity index (χ1n) is 6.27. The van der Waals surface area contributed by atoms with Crippen LogP contribution in [0.4, 0.5) is 0 Å². The third-order valence-electron chi connectivity index (χ3n) is 3.17. The average molecular weight is 280 g/mol. The van der Waals surface area contributed by atoms with Crippen LogP contribution in [-0.2, 0) is 4.74 Å². The Morgan fingerprint density at radius 2 is 2.32 bits per heavy atom. The molecule has 3 rings (SSSR count). The monoisotopic (exact) mass is 279 g/mol. The van der Waals surface area contributed by atoms with Crippen LogP contribution in [0.2, 0.25) is 5.02 Å². The molecule has 100 valence electrons. The first-order chi connectivity index (χ1) is 9.22. The topological polar surface area (TPSA) is 51.5 Å². The normalized spacial score (nSPS) is 19.7. The summed E-state index contributed by atoms with van der Waals surface area (Å²) >= 11 is 5.91. The van der Waals surface area contributed by atoms with Crippen molar-refractivity contribution >= 4 is 28.4 Å². The Balaban J connectivity index is 1.77. The summed E-state index contributed by atoms with van der Waals surface area (Å²) in [5.41, 5.74) is 0.676. The molecule has 1 atom stereocenters. The van der Waals surface area contributed by atoms with Gasteiger partial charge in [0.05, 0.1) is 12.7 Å². The van der Waals surface area contributed by atoms with Crippen LogP contribution in [0.1, 0.15) is 17.0 Å². The molecule has 19 heavy (non-hydrogen) atoms. The number of carbonyl (C=O) groups is 1. The smallest absolute Gasteiger partial charge is 0.200 e. The van der Waals surface area contributed by atoms with Crippen molar-refractivity contribution in [3.63, 3.8) is 0 Å². The second-order valence-electron chi connectivity index (χ2n) is 4.62. The molecular weight excluding hydrogens is 266 g/mol. The molecule has 1 aromatic carbocycles. The first kappa shape index (κ1) is 12.7. The molecule has 0 saturated carbocycles. The minimum Gasteiger partial charge on any atom is -0.453 e. The Morgan fingerprint density at radius 3 is 3.11 bits per heavy atom. The van der Waals surface area contributed by atoms with E-state index in [2.05, 4.69) is 5.32 Å². The number of fused-ring (bicyclic) bond motifs is 1. The van der Waals surface area contributed by atoms with E-state index in [0.29, 0.717) is 35.9 Å². The lowest BCUT2D eigenvalue weighted by Crippen LogP contribution is -2.39. The van der Waals surface area contributed by atoms with Crippen molar-refractivity contribution in [2.45, 2.75) is 12.5 Å². The van der Waals surface area contributed by atoms with Crippen molar-refractivity contribution < 1.29 is 13.9 Å². The predicted octanol–water partition coefficient (Wildman–Crippen LogP) is 2.65. The summed E-state index contributed by atoms with van der Waals surface area (Å²) in [4.78, 5) is 12.1. The number of carbonyl (C=O) groups excluding carboxylic acids is 1. The van der Waals surface area contributed by atoms with E-state index in [1.165, 1.54) is 0 Å². The van der Waals surface area contributed by atoms with Crippen molar-refractivity contribution in [3.8, 4) is 0 Å². The first-order valence-corrected chi connectivity index (χ1v) is 6.65. The molecule has 1 aromatic heterocycles. The molecule has 5 heteroatoms. The van der Waals surface area contributed by atoms with Gasteiger partial charge in [-0.2, -0.15) is 0 Å². The van der Waals surface area contributed by atoms with E-state index in [1.54, 1.807) is 24.3 Å². The number of ketones is 1. The lowest BCUT2D eigenvalue weighted by atomic mass is 10.1. The molecule has 1 N–H and O–H groups in total. The summed E-state index contributed by atoms with van der Waals surface area (Å²) < 4.78 is 11.1. The van der Waals surface area contributed by atoms with Crippen LogP contribution in [0.15, 0.2) is 28.7 Å². The average Bonchev–Trinajstić information content (AvgIpc) is 2.83. The van der Waals surface area contributed by atoms with Crippen LogP contribution in [0.5, 0.6) is 0 Å². The SMILES string of the molecule is O=C(CC1CNCCO1)c1cc2cc(Cl)ccc2o1.